The van der Waals surface area contributed by atoms with Crippen LogP contribution in [-0.2, 0) is 6.54 Å². The van der Waals surface area contributed by atoms with Gasteiger partial charge in [0.15, 0.2) is 5.58 Å². The molecule has 7 heteroatoms. The predicted octanol–water partition coefficient (Wildman–Crippen LogP) is 2.51. The van der Waals surface area contributed by atoms with Crippen LogP contribution in [0.5, 0.6) is 0 Å². The van der Waals surface area contributed by atoms with Crippen molar-refractivity contribution in [3.63, 3.8) is 0 Å². The van der Waals surface area contributed by atoms with E-state index in [1.807, 2.05) is 6.07 Å². The smallest absolute Gasteiger partial charge is 0.407 e. The van der Waals surface area contributed by atoms with Crippen molar-refractivity contribution in [3.8, 4) is 0 Å². The number of H-pyrrole nitrogens is 1. The molecule has 2 N–H and O–H groups in total. The number of aromatic amines is 1. The van der Waals surface area contributed by atoms with E-state index in [1.165, 1.54) is 12.1 Å². The molecule has 4 rings (SSSR count). The third-order valence-corrected chi connectivity index (χ3v) is 5.03. The molecular formula is C20H20FN3O3. The number of likely N-dealkylation sites (tertiary alicyclic amines) is 1. The van der Waals surface area contributed by atoms with Gasteiger partial charge in [0.05, 0.1) is 11.1 Å². The molecule has 0 spiro atoms. The zero-order chi connectivity index (χ0) is 19.0. The van der Waals surface area contributed by atoms with Gasteiger partial charge in [-0.2, -0.15) is 0 Å². The maximum Gasteiger partial charge on any atom is 0.417 e. The van der Waals surface area contributed by atoms with Gasteiger partial charge >= 0.3 is 5.76 Å². The highest BCUT2D eigenvalue weighted by Crippen LogP contribution is 2.23. The molecule has 1 saturated heterocycles. The first-order chi connectivity index (χ1) is 13.0. The zero-order valence-corrected chi connectivity index (χ0v) is 14.9. The highest BCUT2D eigenvalue weighted by molar-refractivity contribution is 6.04. The minimum Gasteiger partial charge on any atom is -0.407 e. The molecule has 0 saturated carbocycles. The van der Waals surface area contributed by atoms with Crippen LogP contribution < -0.4 is 11.1 Å². The van der Waals surface area contributed by atoms with Crippen molar-refractivity contribution in [2.75, 3.05) is 13.1 Å². The summed E-state index contributed by atoms with van der Waals surface area (Å²) in [7, 11) is 0. The van der Waals surface area contributed by atoms with Gasteiger partial charge < -0.3 is 14.6 Å². The Morgan fingerprint density at radius 3 is 2.93 bits per heavy atom. The van der Waals surface area contributed by atoms with E-state index in [0.717, 1.165) is 5.56 Å². The third-order valence-electron chi connectivity index (χ3n) is 5.03. The Morgan fingerprint density at radius 1 is 1.30 bits per heavy atom. The highest BCUT2D eigenvalue weighted by atomic mass is 19.1. The number of hydrogen-bond acceptors (Lipinski definition) is 4. The number of fused-ring (bicyclic) bond motifs is 1. The van der Waals surface area contributed by atoms with Crippen LogP contribution in [0.25, 0.3) is 11.1 Å². The van der Waals surface area contributed by atoms with Gasteiger partial charge in [-0.25, -0.2) is 9.18 Å². The third kappa shape index (κ3) is 3.50. The summed E-state index contributed by atoms with van der Waals surface area (Å²) in [5.74, 6) is -0.744. The molecule has 2 aromatic carbocycles. The summed E-state index contributed by atoms with van der Waals surface area (Å²) in [5.41, 5.74) is 2.05. The lowest BCUT2D eigenvalue weighted by Crippen LogP contribution is -2.36. The number of halogens is 1. The molecule has 1 fully saturated rings. The van der Waals surface area contributed by atoms with Crippen LogP contribution >= 0.6 is 0 Å². The first kappa shape index (κ1) is 17.5. The Morgan fingerprint density at radius 2 is 2.11 bits per heavy atom. The van der Waals surface area contributed by atoms with Crippen LogP contribution in [0.15, 0.2) is 51.7 Å². The fourth-order valence-electron chi connectivity index (χ4n) is 3.61. The number of oxazole rings is 1. The summed E-state index contributed by atoms with van der Waals surface area (Å²) < 4.78 is 18.5. The maximum absolute atomic E-state index is 13.3. The summed E-state index contributed by atoms with van der Waals surface area (Å²) in [6.07, 6.45) is 0. The Bertz CT molecular complexity index is 1040. The summed E-state index contributed by atoms with van der Waals surface area (Å²) in [4.78, 5) is 28.7. The number of benzene rings is 2. The molecule has 1 aliphatic rings. The van der Waals surface area contributed by atoms with Crippen molar-refractivity contribution < 1.29 is 13.6 Å². The van der Waals surface area contributed by atoms with E-state index in [4.69, 9.17) is 4.42 Å². The molecule has 0 radical (unpaired) electrons. The molecule has 1 aromatic heterocycles. The van der Waals surface area contributed by atoms with E-state index in [9.17, 15) is 14.0 Å². The van der Waals surface area contributed by atoms with Crippen molar-refractivity contribution in [2.45, 2.75) is 19.5 Å². The Hall–Kier alpha value is -2.93. The van der Waals surface area contributed by atoms with E-state index in [1.54, 1.807) is 29.2 Å². The fourth-order valence-corrected chi connectivity index (χ4v) is 3.61. The fraction of sp³-hybridized carbons (Fsp3) is 0.300. The average Bonchev–Trinajstić information content (AvgIpc) is 3.20. The van der Waals surface area contributed by atoms with Gasteiger partial charge in [-0.1, -0.05) is 25.1 Å². The first-order valence-electron chi connectivity index (χ1n) is 8.90. The number of hydrogen-bond donors (Lipinski definition) is 2. The quantitative estimate of drug-likeness (QED) is 0.741. The molecule has 140 valence electrons. The SMILES string of the molecule is C[C@@H]1CN(C(=O)c2cccc3[nH]c(=O)oc23)C[C@H]1NCc1cccc(F)c1. The van der Waals surface area contributed by atoms with Crippen molar-refractivity contribution in [2.24, 2.45) is 5.92 Å². The average molecular weight is 369 g/mol. The van der Waals surface area contributed by atoms with Crippen molar-refractivity contribution in [1.29, 1.82) is 0 Å². The van der Waals surface area contributed by atoms with Crippen molar-refractivity contribution in [3.05, 3.63) is 70.0 Å². The second-order valence-electron chi connectivity index (χ2n) is 7.00. The predicted molar refractivity (Wildman–Crippen MR) is 98.9 cm³/mol. The molecule has 0 unspecified atom stereocenters. The van der Waals surface area contributed by atoms with Crippen molar-refractivity contribution >= 4 is 17.0 Å². The summed E-state index contributed by atoms with van der Waals surface area (Å²) in [6, 6.07) is 11.7. The standard InChI is InChI=1S/C20H20FN3O3/c1-12-10-24(11-17(12)22-9-13-4-2-5-14(21)8-13)19(25)15-6-3-7-16-18(15)27-20(26)23-16/h2-8,12,17,22H,9-11H2,1H3,(H,23,26)/t12-,17-/m1/s1. The molecule has 0 aliphatic carbocycles. The van der Waals surface area contributed by atoms with Crippen LogP contribution in [0.3, 0.4) is 0 Å². The maximum atomic E-state index is 13.3. The van der Waals surface area contributed by atoms with Crippen molar-refractivity contribution in [1.82, 2.24) is 15.2 Å². The lowest BCUT2D eigenvalue weighted by Gasteiger charge is -2.17. The molecule has 3 aromatic rings. The summed E-state index contributed by atoms with van der Waals surface area (Å²) >= 11 is 0. The van der Waals surface area contributed by atoms with Crippen LogP contribution in [0.1, 0.15) is 22.8 Å². The molecule has 2 heterocycles. The van der Waals surface area contributed by atoms with Gasteiger partial charge in [-0.15, -0.1) is 0 Å². The Balaban J connectivity index is 1.47. The second-order valence-corrected chi connectivity index (χ2v) is 7.00. The molecular weight excluding hydrogens is 349 g/mol. The van der Waals surface area contributed by atoms with Gasteiger partial charge in [-0.05, 0) is 35.7 Å². The van der Waals surface area contributed by atoms with E-state index in [-0.39, 0.29) is 29.3 Å². The molecule has 0 bridgehead atoms. The summed E-state index contributed by atoms with van der Waals surface area (Å²) in [5, 5.41) is 3.41. The minimum atomic E-state index is -0.574. The van der Waals surface area contributed by atoms with E-state index >= 15 is 0 Å². The molecule has 2 atom stereocenters. The Kier molecular flexibility index (Phi) is 4.53. The van der Waals surface area contributed by atoms with E-state index in [2.05, 4.69) is 17.2 Å². The molecule has 1 aliphatic heterocycles. The normalized spacial score (nSPS) is 19.7. The number of nitrogens with one attached hydrogen (secondary N) is 2. The number of rotatable bonds is 4. The second kappa shape index (κ2) is 7.00. The summed E-state index contributed by atoms with van der Waals surface area (Å²) in [6.45, 7) is 3.76. The lowest BCUT2D eigenvalue weighted by atomic mass is 10.1. The number of amides is 1. The van der Waals surface area contributed by atoms with Crippen LogP contribution in [0.2, 0.25) is 0 Å². The Labute approximate surface area is 155 Å². The molecule has 6 nitrogen and oxygen atoms in total. The van der Waals surface area contributed by atoms with Crippen LogP contribution in [0, 0.1) is 11.7 Å². The topological polar surface area (TPSA) is 78.3 Å². The largest absolute Gasteiger partial charge is 0.417 e. The monoisotopic (exact) mass is 369 g/mol. The number of carbonyl (C=O) groups is 1. The molecule has 1 amide bonds. The number of carbonyl (C=O) groups excluding carboxylic acids is 1. The van der Waals surface area contributed by atoms with Gasteiger partial charge in [0.25, 0.3) is 5.91 Å². The van der Waals surface area contributed by atoms with Crippen LogP contribution in [-0.4, -0.2) is 34.9 Å². The lowest BCUT2D eigenvalue weighted by molar-refractivity contribution is 0.0786. The van der Waals surface area contributed by atoms with Gasteiger partial charge in [0.2, 0.25) is 0 Å². The number of aromatic nitrogens is 1. The minimum absolute atomic E-state index is 0.106. The van der Waals surface area contributed by atoms with Crippen LogP contribution in [0.4, 0.5) is 4.39 Å². The first-order valence-corrected chi connectivity index (χ1v) is 8.90. The highest BCUT2D eigenvalue weighted by Gasteiger charge is 2.33. The van der Waals surface area contributed by atoms with E-state index < -0.39 is 5.76 Å². The van der Waals surface area contributed by atoms with Gasteiger partial charge in [0.1, 0.15) is 5.82 Å². The number of nitrogens with zero attached hydrogens (tertiary/aromatic N) is 1. The van der Waals surface area contributed by atoms with Gasteiger partial charge in [-0.3, -0.25) is 9.78 Å². The number of para-hydroxylation sites is 1. The van der Waals surface area contributed by atoms with E-state index in [0.29, 0.717) is 30.7 Å². The van der Waals surface area contributed by atoms with Gasteiger partial charge in [0, 0.05) is 25.7 Å². The molecule has 27 heavy (non-hydrogen) atoms. The zero-order valence-electron chi connectivity index (χ0n) is 14.9.